The monoisotopic (exact) mass is 1330 g/mol. The van der Waals surface area contributed by atoms with Gasteiger partial charge in [-0.2, -0.15) is 0 Å². The molecule has 0 radical (unpaired) electrons. The van der Waals surface area contributed by atoms with Crippen LogP contribution >= 0.6 is 67.8 Å². The van der Waals surface area contributed by atoms with Crippen LogP contribution in [0.2, 0.25) is 0 Å². The molecule has 376 valence electrons. The minimum atomic E-state index is -0.00526. The SMILES string of the molecule is CCCCc1cc2c3c(c1)-n1c4ccc(CCCC)cc4c4cc(C)cc(c41)B3c1cc3c(cc1N2c1ccc(I)cc1)N(c1ccc(I)cc1)c1cc(I)cc2c1B3c1cc(C)cc3c4cc(CCCC)ccc4n-2c13. The molecule has 0 unspecified atom stereocenters. The number of aryl methyl sites for hydroxylation is 5. The standard InChI is InChI=1S/C68H57B2I3N4/c1-6-9-12-41-15-25-57-49(31-41)51-27-39(4)29-55-67(51)76(57)62-34-43(14-11-8-3)33-61-65(62)69(55)53-37-54-60(38-59(53)74(61)47-21-17-44(71)18-22-47)75(48-23-19-45(72)20-24-48)63-35-46(73)36-64-66(63)70(54)56-30-40(5)28-52-50-32-42(13-10-7-2)16-26-58(50)77(64)68(52)56/h15-38H,6-14H2,1-5H3. The number of anilines is 6. The summed E-state index contributed by atoms with van der Waals surface area (Å²) in [5, 5.41) is 5.47. The number of hydrogen-bond donors (Lipinski definition) is 0. The summed E-state index contributed by atoms with van der Waals surface area (Å²) < 4.78 is 9.02. The Labute approximate surface area is 493 Å². The first-order valence-electron chi connectivity index (χ1n) is 28.1. The molecule has 77 heavy (non-hydrogen) atoms. The highest BCUT2D eigenvalue weighted by Gasteiger charge is 2.47. The van der Waals surface area contributed by atoms with Gasteiger partial charge >= 0.3 is 0 Å². The molecule has 0 amide bonds. The van der Waals surface area contributed by atoms with E-state index in [1.165, 1.54) is 186 Å². The summed E-state index contributed by atoms with van der Waals surface area (Å²) in [5.41, 5.74) is 30.6. The van der Waals surface area contributed by atoms with Crippen LogP contribution in [0.5, 0.6) is 0 Å². The second kappa shape index (κ2) is 18.5. The van der Waals surface area contributed by atoms with Crippen LogP contribution in [0.1, 0.15) is 87.1 Å². The van der Waals surface area contributed by atoms with Crippen molar-refractivity contribution in [1.82, 2.24) is 9.13 Å². The largest absolute Gasteiger partial charge is 0.311 e. The number of rotatable bonds is 11. The highest BCUT2D eigenvalue weighted by atomic mass is 127. The quantitative estimate of drug-likeness (QED) is 0.0948. The van der Waals surface area contributed by atoms with Crippen molar-refractivity contribution in [3.05, 3.63) is 184 Å². The Balaban J connectivity index is 1.09. The predicted molar refractivity (Wildman–Crippen MR) is 357 cm³/mol. The molecule has 0 atom stereocenters. The van der Waals surface area contributed by atoms with Crippen molar-refractivity contribution in [2.24, 2.45) is 0 Å². The Morgan fingerprint density at radius 3 is 1.27 bits per heavy atom. The highest BCUT2D eigenvalue weighted by molar-refractivity contribution is 14.1. The van der Waals surface area contributed by atoms with Crippen LogP contribution < -0.4 is 42.6 Å². The molecule has 0 saturated carbocycles. The lowest BCUT2D eigenvalue weighted by molar-refractivity contribution is 0.794. The fourth-order valence-corrected chi connectivity index (χ4v) is 15.6. The predicted octanol–water partition coefficient (Wildman–Crippen LogP) is 15.6. The van der Waals surface area contributed by atoms with Crippen LogP contribution in [0, 0.1) is 24.6 Å². The van der Waals surface area contributed by atoms with Gasteiger partial charge in [0.05, 0.1) is 11.0 Å². The van der Waals surface area contributed by atoms with E-state index in [0.29, 0.717) is 0 Å². The zero-order valence-electron chi connectivity index (χ0n) is 44.3. The topological polar surface area (TPSA) is 16.3 Å². The van der Waals surface area contributed by atoms with Crippen LogP contribution in [-0.4, -0.2) is 22.6 Å². The van der Waals surface area contributed by atoms with Crippen molar-refractivity contribution in [2.75, 3.05) is 9.80 Å². The molecule has 0 bridgehead atoms. The maximum Gasteiger partial charge on any atom is 0.252 e. The lowest BCUT2D eigenvalue weighted by Gasteiger charge is -2.44. The third-order valence-corrected chi connectivity index (χ3v) is 19.6. The van der Waals surface area contributed by atoms with Crippen molar-refractivity contribution in [2.45, 2.75) is 92.4 Å². The van der Waals surface area contributed by atoms with E-state index < -0.39 is 0 Å². The van der Waals surface area contributed by atoms with E-state index in [9.17, 15) is 0 Å². The molecule has 11 aromatic rings. The summed E-state index contributed by atoms with van der Waals surface area (Å²) in [6, 6.07) is 58.8. The van der Waals surface area contributed by atoms with Crippen molar-refractivity contribution >= 4 is 192 Å². The van der Waals surface area contributed by atoms with Gasteiger partial charge in [0, 0.05) is 88.8 Å². The van der Waals surface area contributed by atoms with Gasteiger partial charge in [-0.05, 0) is 285 Å². The van der Waals surface area contributed by atoms with Gasteiger partial charge in [0.1, 0.15) is 0 Å². The molecule has 0 fully saturated rings. The van der Waals surface area contributed by atoms with Gasteiger partial charge < -0.3 is 18.9 Å². The second-order valence-electron chi connectivity index (χ2n) is 22.6. The molecular formula is C68H57B2I3N4. The number of halogens is 3. The maximum absolute atomic E-state index is 2.71. The smallest absolute Gasteiger partial charge is 0.252 e. The normalized spacial score (nSPS) is 13.6. The van der Waals surface area contributed by atoms with Crippen molar-refractivity contribution in [3.63, 3.8) is 0 Å². The first kappa shape index (κ1) is 48.6. The number of unbranched alkanes of at least 4 members (excludes halogenated alkanes) is 3. The van der Waals surface area contributed by atoms with Gasteiger partial charge in [0.15, 0.2) is 0 Å². The first-order chi connectivity index (χ1) is 37.6. The van der Waals surface area contributed by atoms with Gasteiger partial charge in [-0.15, -0.1) is 0 Å². The van der Waals surface area contributed by atoms with E-state index in [1.54, 1.807) is 0 Å². The van der Waals surface area contributed by atoms with E-state index in [-0.39, 0.29) is 13.4 Å². The van der Waals surface area contributed by atoms with Crippen LogP contribution in [0.3, 0.4) is 0 Å². The Bertz CT molecular complexity index is 4320. The van der Waals surface area contributed by atoms with E-state index in [1.807, 2.05) is 0 Å². The molecule has 2 aromatic heterocycles. The second-order valence-corrected chi connectivity index (χ2v) is 26.3. The maximum atomic E-state index is 2.71. The molecule has 4 aliphatic heterocycles. The lowest BCUT2D eigenvalue weighted by Crippen LogP contribution is -2.64. The number of aromatic nitrogens is 2. The van der Waals surface area contributed by atoms with Gasteiger partial charge in [-0.1, -0.05) is 81.5 Å². The summed E-state index contributed by atoms with van der Waals surface area (Å²) in [4.78, 5) is 5.28. The van der Waals surface area contributed by atoms with E-state index in [0.717, 1.165) is 32.1 Å². The molecule has 6 heterocycles. The van der Waals surface area contributed by atoms with Crippen LogP contribution in [0.4, 0.5) is 34.1 Å². The fraction of sp³-hybridized carbons (Fsp3) is 0.206. The molecule has 4 nitrogen and oxygen atoms in total. The number of hydrogen-bond acceptors (Lipinski definition) is 2. The van der Waals surface area contributed by atoms with Gasteiger partial charge in [-0.25, -0.2) is 0 Å². The molecule has 9 aromatic carbocycles. The zero-order valence-corrected chi connectivity index (χ0v) is 50.8. The molecule has 15 rings (SSSR count). The summed E-state index contributed by atoms with van der Waals surface area (Å²) in [6.07, 6.45) is 10.3. The number of benzene rings is 9. The van der Waals surface area contributed by atoms with Gasteiger partial charge in [0.2, 0.25) is 0 Å². The van der Waals surface area contributed by atoms with E-state index in [4.69, 9.17) is 0 Å². The third kappa shape index (κ3) is 7.33. The zero-order chi connectivity index (χ0) is 52.1. The van der Waals surface area contributed by atoms with Crippen molar-refractivity contribution in [3.8, 4) is 11.4 Å². The fourth-order valence-electron chi connectivity index (χ4n) is 14.3. The molecular weight excluding hydrogens is 1280 g/mol. The summed E-state index contributed by atoms with van der Waals surface area (Å²) in [5.74, 6) is 0. The van der Waals surface area contributed by atoms with Crippen molar-refractivity contribution < 1.29 is 0 Å². The molecule has 4 aliphatic rings. The van der Waals surface area contributed by atoms with E-state index in [2.05, 4.69) is 267 Å². The molecule has 0 spiro atoms. The summed E-state index contributed by atoms with van der Waals surface area (Å²) in [7, 11) is 0. The van der Waals surface area contributed by atoms with Gasteiger partial charge in [0.25, 0.3) is 13.4 Å². The third-order valence-electron chi connectivity index (χ3n) is 17.6. The first-order valence-corrected chi connectivity index (χ1v) is 31.3. The lowest BCUT2D eigenvalue weighted by atomic mass is 9.30. The van der Waals surface area contributed by atoms with Crippen LogP contribution in [0.25, 0.3) is 55.0 Å². The van der Waals surface area contributed by atoms with Crippen LogP contribution in [-0.2, 0) is 19.3 Å². The highest BCUT2D eigenvalue weighted by Crippen LogP contribution is 2.48. The Hall–Kier alpha value is -5.50. The Morgan fingerprint density at radius 2 is 0.792 bits per heavy atom. The Morgan fingerprint density at radius 1 is 0.364 bits per heavy atom. The average Bonchev–Trinajstić information content (AvgIpc) is 4.18. The molecule has 0 N–H and O–H groups in total. The number of fused-ring (bicyclic) bond motifs is 14. The molecule has 9 heteroatoms. The summed E-state index contributed by atoms with van der Waals surface area (Å²) >= 11 is 7.54. The van der Waals surface area contributed by atoms with Crippen molar-refractivity contribution in [1.29, 1.82) is 0 Å². The minimum absolute atomic E-state index is 0.00199. The summed E-state index contributed by atoms with van der Waals surface area (Å²) in [6.45, 7) is 11.6. The Kier molecular flexibility index (Phi) is 11.7. The molecule has 0 saturated heterocycles. The minimum Gasteiger partial charge on any atom is -0.311 e. The van der Waals surface area contributed by atoms with E-state index >= 15 is 0 Å². The average molecular weight is 1330 g/mol. The van der Waals surface area contributed by atoms with Gasteiger partial charge in [-0.3, -0.25) is 0 Å². The molecule has 0 aliphatic carbocycles. The van der Waals surface area contributed by atoms with Crippen LogP contribution in [0.15, 0.2) is 146 Å². The number of nitrogens with zero attached hydrogens (tertiary/aromatic N) is 4.